The molecule has 0 radical (unpaired) electrons. The zero-order valence-corrected chi connectivity index (χ0v) is 9.71. The third-order valence-corrected chi connectivity index (χ3v) is 2.86. The lowest BCUT2D eigenvalue weighted by molar-refractivity contribution is 0.146. The highest BCUT2D eigenvalue weighted by Gasteiger charge is 2.22. The number of nitrogens with zero attached hydrogens (tertiary/aromatic N) is 1. The van der Waals surface area contributed by atoms with Crippen LogP contribution in [0.5, 0.6) is 0 Å². The van der Waals surface area contributed by atoms with Gasteiger partial charge >= 0.3 is 0 Å². The van der Waals surface area contributed by atoms with Crippen molar-refractivity contribution >= 4 is 0 Å². The van der Waals surface area contributed by atoms with Crippen LogP contribution in [0.25, 0.3) is 0 Å². The highest BCUT2D eigenvalue weighted by Crippen LogP contribution is 2.30. The van der Waals surface area contributed by atoms with Crippen LogP contribution in [0.1, 0.15) is 28.9 Å². The number of furan rings is 1. The molecule has 3 N–H and O–H groups in total. The SMILES string of the molecule is Cc1cc(C(O)C(CN)c2ccncc2)co1. The van der Waals surface area contributed by atoms with E-state index in [4.69, 9.17) is 10.2 Å². The number of aryl methyl sites for hydroxylation is 1. The molecule has 0 saturated carbocycles. The quantitative estimate of drug-likeness (QED) is 0.842. The van der Waals surface area contributed by atoms with E-state index < -0.39 is 6.10 Å². The van der Waals surface area contributed by atoms with Gasteiger partial charge in [-0.25, -0.2) is 0 Å². The molecule has 4 heteroatoms. The lowest BCUT2D eigenvalue weighted by Crippen LogP contribution is -2.19. The number of nitrogens with two attached hydrogens (primary N) is 1. The highest BCUT2D eigenvalue weighted by molar-refractivity contribution is 5.24. The number of pyridine rings is 1. The summed E-state index contributed by atoms with van der Waals surface area (Å²) >= 11 is 0. The Hall–Kier alpha value is -1.65. The van der Waals surface area contributed by atoms with Gasteiger partial charge in [0.1, 0.15) is 5.76 Å². The summed E-state index contributed by atoms with van der Waals surface area (Å²) in [5, 5.41) is 10.3. The fourth-order valence-electron chi connectivity index (χ4n) is 1.91. The van der Waals surface area contributed by atoms with Crippen LogP contribution in [-0.4, -0.2) is 16.6 Å². The fourth-order valence-corrected chi connectivity index (χ4v) is 1.91. The minimum Gasteiger partial charge on any atom is -0.469 e. The van der Waals surface area contributed by atoms with Crippen LogP contribution in [0.3, 0.4) is 0 Å². The standard InChI is InChI=1S/C13H16N2O2/c1-9-6-11(8-17-9)13(16)12(7-14)10-2-4-15-5-3-10/h2-6,8,12-13,16H,7,14H2,1H3. The third-order valence-electron chi connectivity index (χ3n) is 2.86. The maximum Gasteiger partial charge on any atom is 0.101 e. The third kappa shape index (κ3) is 2.54. The average molecular weight is 232 g/mol. The zero-order valence-electron chi connectivity index (χ0n) is 9.71. The molecule has 0 aromatic carbocycles. The number of rotatable bonds is 4. The Bertz CT molecular complexity index is 467. The van der Waals surface area contributed by atoms with Crippen LogP contribution in [0, 0.1) is 6.92 Å². The van der Waals surface area contributed by atoms with Crippen molar-refractivity contribution in [3.63, 3.8) is 0 Å². The van der Waals surface area contributed by atoms with E-state index in [9.17, 15) is 5.11 Å². The van der Waals surface area contributed by atoms with Crippen molar-refractivity contribution in [2.75, 3.05) is 6.54 Å². The molecule has 2 aromatic rings. The van der Waals surface area contributed by atoms with E-state index in [0.717, 1.165) is 16.9 Å². The van der Waals surface area contributed by atoms with E-state index in [-0.39, 0.29) is 5.92 Å². The first kappa shape index (κ1) is 11.8. The number of aliphatic hydroxyl groups is 1. The van der Waals surface area contributed by atoms with Gasteiger partial charge in [0, 0.05) is 30.4 Å². The monoisotopic (exact) mass is 232 g/mol. The Kier molecular flexibility index (Phi) is 3.56. The van der Waals surface area contributed by atoms with Gasteiger partial charge in [-0.2, -0.15) is 0 Å². The Labute approximate surface area is 100 Å². The first-order valence-corrected chi connectivity index (χ1v) is 5.55. The van der Waals surface area contributed by atoms with Gasteiger partial charge in [-0.05, 0) is 30.7 Å². The molecule has 0 saturated heterocycles. The normalized spacial score (nSPS) is 14.5. The molecule has 90 valence electrons. The minimum atomic E-state index is -0.653. The molecule has 0 amide bonds. The lowest BCUT2D eigenvalue weighted by atomic mass is 9.91. The Morgan fingerprint density at radius 3 is 2.59 bits per heavy atom. The zero-order chi connectivity index (χ0) is 12.3. The molecule has 2 atom stereocenters. The van der Waals surface area contributed by atoms with E-state index in [1.54, 1.807) is 18.7 Å². The molecule has 0 aliphatic carbocycles. The second-order valence-electron chi connectivity index (χ2n) is 4.06. The van der Waals surface area contributed by atoms with Crippen molar-refractivity contribution in [3.8, 4) is 0 Å². The molecule has 4 nitrogen and oxygen atoms in total. The molecule has 2 heterocycles. The second-order valence-corrected chi connectivity index (χ2v) is 4.06. The molecular weight excluding hydrogens is 216 g/mol. The van der Waals surface area contributed by atoms with Crippen molar-refractivity contribution in [1.29, 1.82) is 0 Å². The van der Waals surface area contributed by atoms with Crippen LogP contribution in [-0.2, 0) is 0 Å². The van der Waals surface area contributed by atoms with Gasteiger partial charge < -0.3 is 15.3 Å². The Morgan fingerprint density at radius 2 is 2.06 bits per heavy atom. The summed E-state index contributed by atoms with van der Waals surface area (Å²) in [6.07, 6.45) is 4.32. The summed E-state index contributed by atoms with van der Waals surface area (Å²) in [4.78, 5) is 3.96. The van der Waals surface area contributed by atoms with Crippen LogP contribution < -0.4 is 5.73 Å². The minimum absolute atomic E-state index is 0.144. The maximum absolute atomic E-state index is 10.3. The van der Waals surface area contributed by atoms with Crippen molar-refractivity contribution in [3.05, 3.63) is 53.7 Å². The van der Waals surface area contributed by atoms with Gasteiger partial charge in [-0.3, -0.25) is 4.98 Å². The van der Waals surface area contributed by atoms with Gasteiger partial charge in [0.25, 0.3) is 0 Å². The molecule has 2 unspecified atom stereocenters. The number of aliphatic hydroxyl groups excluding tert-OH is 1. The van der Waals surface area contributed by atoms with E-state index in [1.807, 2.05) is 25.1 Å². The van der Waals surface area contributed by atoms with Gasteiger partial charge in [0.05, 0.1) is 12.4 Å². The van der Waals surface area contributed by atoms with E-state index in [2.05, 4.69) is 4.98 Å². The molecule has 17 heavy (non-hydrogen) atoms. The summed E-state index contributed by atoms with van der Waals surface area (Å²) in [6, 6.07) is 5.57. The number of hydrogen-bond acceptors (Lipinski definition) is 4. The largest absolute Gasteiger partial charge is 0.469 e. The first-order valence-electron chi connectivity index (χ1n) is 5.55. The first-order chi connectivity index (χ1) is 8.22. The van der Waals surface area contributed by atoms with Crippen molar-refractivity contribution in [2.24, 2.45) is 5.73 Å². The van der Waals surface area contributed by atoms with Crippen molar-refractivity contribution in [1.82, 2.24) is 4.98 Å². The molecular formula is C13H16N2O2. The number of aromatic nitrogens is 1. The summed E-state index contributed by atoms with van der Waals surface area (Å²) in [5.41, 5.74) is 7.48. The lowest BCUT2D eigenvalue weighted by Gasteiger charge is -2.20. The van der Waals surface area contributed by atoms with Crippen molar-refractivity contribution in [2.45, 2.75) is 18.9 Å². The summed E-state index contributed by atoms with van der Waals surface area (Å²) in [6.45, 7) is 2.22. The van der Waals surface area contributed by atoms with Crippen LogP contribution in [0.2, 0.25) is 0 Å². The summed E-state index contributed by atoms with van der Waals surface area (Å²) in [5.74, 6) is 0.638. The van der Waals surface area contributed by atoms with Crippen LogP contribution in [0.15, 0.2) is 41.3 Å². The predicted molar refractivity (Wildman–Crippen MR) is 64.4 cm³/mol. The highest BCUT2D eigenvalue weighted by atomic mass is 16.3. The summed E-state index contributed by atoms with van der Waals surface area (Å²) < 4.78 is 5.20. The predicted octanol–water partition coefficient (Wildman–Crippen LogP) is 1.76. The molecule has 0 fully saturated rings. The Balaban J connectivity index is 2.25. The van der Waals surface area contributed by atoms with Gasteiger partial charge in [0.15, 0.2) is 0 Å². The Morgan fingerprint density at radius 1 is 1.35 bits per heavy atom. The summed E-state index contributed by atoms with van der Waals surface area (Å²) in [7, 11) is 0. The topological polar surface area (TPSA) is 72.3 Å². The van der Waals surface area contributed by atoms with E-state index in [0.29, 0.717) is 6.54 Å². The molecule has 0 aliphatic heterocycles. The molecule has 2 aromatic heterocycles. The molecule has 2 rings (SSSR count). The van der Waals surface area contributed by atoms with Gasteiger partial charge in [-0.1, -0.05) is 0 Å². The molecule has 0 bridgehead atoms. The van der Waals surface area contributed by atoms with Gasteiger partial charge in [-0.15, -0.1) is 0 Å². The maximum atomic E-state index is 10.3. The van der Waals surface area contributed by atoms with Crippen LogP contribution >= 0.6 is 0 Å². The smallest absolute Gasteiger partial charge is 0.101 e. The van der Waals surface area contributed by atoms with Crippen LogP contribution in [0.4, 0.5) is 0 Å². The number of hydrogen-bond donors (Lipinski definition) is 2. The van der Waals surface area contributed by atoms with Crippen molar-refractivity contribution < 1.29 is 9.52 Å². The van der Waals surface area contributed by atoms with E-state index in [1.165, 1.54) is 0 Å². The second kappa shape index (κ2) is 5.12. The average Bonchev–Trinajstić information content (AvgIpc) is 2.78. The molecule has 0 aliphatic rings. The van der Waals surface area contributed by atoms with E-state index >= 15 is 0 Å². The van der Waals surface area contributed by atoms with Gasteiger partial charge in [0.2, 0.25) is 0 Å². The molecule has 0 spiro atoms. The fraction of sp³-hybridized carbons (Fsp3) is 0.308.